The lowest BCUT2D eigenvalue weighted by Crippen LogP contribution is -2.47. The molecule has 0 aromatic rings. The highest BCUT2D eigenvalue weighted by molar-refractivity contribution is 6.07. The van der Waals surface area contributed by atoms with E-state index in [1.54, 1.807) is 18.2 Å². The molecule has 2 amide bonds. The number of hydrogen-bond acceptors (Lipinski definition) is 2. The Morgan fingerprint density at radius 3 is 2.42 bits per heavy atom. The predicted molar refractivity (Wildman–Crippen MR) is 99.4 cm³/mol. The molecule has 0 saturated heterocycles. The van der Waals surface area contributed by atoms with E-state index >= 15 is 0 Å². The van der Waals surface area contributed by atoms with Crippen LogP contribution in [0.25, 0.3) is 0 Å². The van der Waals surface area contributed by atoms with Crippen molar-refractivity contribution in [2.75, 3.05) is 7.05 Å². The molecule has 138 valence electrons. The lowest BCUT2D eigenvalue weighted by molar-refractivity contribution is 0.165. The molecule has 6 fully saturated rings. The second-order valence-electron chi connectivity index (χ2n) is 10.2. The molecular weight excluding hydrogens is 322 g/mol. The highest BCUT2D eigenvalue weighted by Crippen LogP contribution is 2.67. The summed E-state index contributed by atoms with van der Waals surface area (Å²) in [5, 5.41) is 9.97. The van der Waals surface area contributed by atoms with Crippen LogP contribution in [-0.4, -0.2) is 29.8 Å². The second-order valence-corrected chi connectivity index (χ2v) is 10.2. The van der Waals surface area contributed by atoms with Crippen molar-refractivity contribution in [1.82, 2.24) is 10.3 Å². The SMILES string of the molecule is CNC(=O)N1N=C2C(=C3[C@@H]1[C@H]1CC[C@H]4CC[C@@H]3[C@H]41)[C@@H]1CC[C@@H]3CC[C@@H]2[C@H]31. The topological polar surface area (TPSA) is 44.7 Å². The van der Waals surface area contributed by atoms with Crippen LogP contribution in [0, 0.1) is 47.3 Å². The van der Waals surface area contributed by atoms with Gasteiger partial charge in [-0.3, -0.25) is 0 Å². The number of nitrogens with one attached hydrogen (secondary N) is 1. The number of urea groups is 1. The number of carbonyl (C=O) groups is 1. The normalized spacial score (nSPS) is 52.1. The Morgan fingerprint density at radius 2 is 1.62 bits per heavy atom. The van der Waals surface area contributed by atoms with E-state index in [-0.39, 0.29) is 12.1 Å². The summed E-state index contributed by atoms with van der Waals surface area (Å²) in [5.41, 5.74) is 4.78. The van der Waals surface area contributed by atoms with Crippen molar-refractivity contribution >= 4 is 11.7 Å². The van der Waals surface area contributed by atoms with Gasteiger partial charge in [-0.15, -0.1) is 0 Å². The number of amides is 2. The van der Waals surface area contributed by atoms with E-state index < -0.39 is 0 Å². The maximum Gasteiger partial charge on any atom is 0.338 e. The maximum absolute atomic E-state index is 12.8. The van der Waals surface area contributed by atoms with E-state index in [1.807, 2.05) is 5.01 Å². The van der Waals surface area contributed by atoms with Gasteiger partial charge in [-0.25, -0.2) is 9.80 Å². The molecule has 9 atom stereocenters. The fraction of sp³-hybridized carbons (Fsp3) is 0.818. The fourth-order valence-corrected chi connectivity index (χ4v) is 9.18. The second kappa shape index (κ2) is 4.74. The average Bonchev–Trinajstić information content (AvgIpc) is 3.43. The van der Waals surface area contributed by atoms with Crippen molar-refractivity contribution in [2.24, 2.45) is 52.4 Å². The zero-order chi connectivity index (χ0) is 17.2. The molecule has 1 heterocycles. The summed E-state index contributed by atoms with van der Waals surface area (Å²) >= 11 is 0. The van der Waals surface area contributed by atoms with Crippen molar-refractivity contribution in [3.8, 4) is 0 Å². The molecule has 0 unspecified atom stereocenters. The standard InChI is InChI=1S/C22H29N3O/c1-23-22(26)25-21-15-9-5-11-3-7-13(17(11)15)19(21)18-12-6-2-10-4-8-14(16(10)12)20(18)24-25/h10-17,21H,2-9H2,1H3,(H,23,26)/t10-,11-,12-,13-,14-,15+,16-,17+,21+/m1/s1. The predicted octanol–water partition coefficient (Wildman–Crippen LogP) is 3.79. The molecular formula is C22H29N3O. The molecule has 7 aliphatic rings. The van der Waals surface area contributed by atoms with Gasteiger partial charge in [0, 0.05) is 13.0 Å². The summed E-state index contributed by atoms with van der Waals surface area (Å²) in [4.78, 5) is 12.8. The number of hydrogen-bond donors (Lipinski definition) is 1. The van der Waals surface area contributed by atoms with Gasteiger partial charge in [0.15, 0.2) is 0 Å². The fourth-order valence-electron chi connectivity index (χ4n) is 9.18. The smallest absolute Gasteiger partial charge is 0.338 e. The third kappa shape index (κ3) is 1.49. The number of hydrazone groups is 1. The molecule has 0 bridgehead atoms. The maximum atomic E-state index is 12.8. The Morgan fingerprint density at radius 1 is 0.923 bits per heavy atom. The van der Waals surface area contributed by atoms with E-state index in [0.29, 0.717) is 11.8 Å². The van der Waals surface area contributed by atoms with Crippen LogP contribution >= 0.6 is 0 Å². The zero-order valence-corrected chi connectivity index (χ0v) is 15.7. The van der Waals surface area contributed by atoms with Crippen molar-refractivity contribution in [3.63, 3.8) is 0 Å². The van der Waals surface area contributed by atoms with Gasteiger partial charge in [0.05, 0.1) is 11.8 Å². The van der Waals surface area contributed by atoms with Gasteiger partial charge in [-0.2, -0.15) is 5.10 Å². The highest BCUT2D eigenvalue weighted by atomic mass is 16.2. The minimum absolute atomic E-state index is 0.0223. The van der Waals surface area contributed by atoms with Crippen LogP contribution < -0.4 is 5.32 Å². The summed E-state index contributed by atoms with van der Waals surface area (Å²) < 4.78 is 0. The molecule has 4 heteroatoms. The van der Waals surface area contributed by atoms with E-state index in [4.69, 9.17) is 5.10 Å². The molecule has 6 aliphatic carbocycles. The van der Waals surface area contributed by atoms with Gasteiger partial charge in [0.1, 0.15) is 0 Å². The van der Waals surface area contributed by atoms with Gasteiger partial charge >= 0.3 is 6.03 Å². The van der Waals surface area contributed by atoms with E-state index in [1.165, 1.54) is 57.1 Å². The lowest BCUT2D eigenvalue weighted by Gasteiger charge is -2.36. The summed E-state index contributed by atoms with van der Waals surface area (Å²) in [5.74, 6) is 6.46. The molecule has 1 N–H and O–H groups in total. The molecule has 0 aromatic carbocycles. The van der Waals surface area contributed by atoms with Crippen molar-refractivity contribution in [2.45, 2.75) is 57.4 Å². The Kier molecular flexibility index (Phi) is 2.68. The summed E-state index contributed by atoms with van der Waals surface area (Å²) in [6, 6.07) is 0.306. The number of allylic oxidation sites excluding steroid dienone is 1. The minimum atomic E-state index is 0.0223. The monoisotopic (exact) mass is 351 g/mol. The van der Waals surface area contributed by atoms with Gasteiger partial charge in [-0.1, -0.05) is 0 Å². The molecule has 7 rings (SSSR count). The Balaban J connectivity index is 1.44. The molecule has 6 saturated carbocycles. The van der Waals surface area contributed by atoms with Crippen LogP contribution in [-0.2, 0) is 0 Å². The molecule has 0 spiro atoms. The highest BCUT2D eigenvalue weighted by Gasteiger charge is 2.64. The first-order valence-electron chi connectivity index (χ1n) is 11.1. The first kappa shape index (κ1) is 14.7. The van der Waals surface area contributed by atoms with E-state index in [2.05, 4.69) is 5.32 Å². The molecule has 4 nitrogen and oxygen atoms in total. The van der Waals surface area contributed by atoms with Crippen LogP contribution in [0.2, 0.25) is 0 Å². The van der Waals surface area contributed by atoms with Gasteiger partial charge < -0.3 is 5.32 Å². The summed E-state index contributed by atoms with van der Waals surface area (Å²) in [7, 11) is 1.77. The number of nitrogens with zero attached hydrogens (tertiary/aromatic N) is 2. The summed E-state index contributed by atoms with van der Waals surface area (Å²) in [6.45, 7) is 0. The van der Waals surface area contributed by atoms with Crippen LogP contribution in [0.3, 0.4) is 0 Å². The van der Waals surface area contributed by atoms with Crippen LogP contribution in [0.1, 0.15) is 51.4 Å². The number of rotatable bonds is 0. The quantitative estimate of drug-likeness (QED) is 0.709. The van der Waals surface area contributed by atoms with Crippen LogP contribution in [0.4, 0.5) is 4.79 Å². The Hall–Kier alpha value is -1.32. The first-order valence-corrected chi connectivity index (χ1v) is 11.1. The first-order chi connectivity index (χ1) is 12.8. The largest absolute Gasteiger partial charge is 0.340 e. The third-order valence-corrected chi connectivity index (χ3v) is 9.73. The lowest BCUT2D eigenvalue weighted by atomic mass is 9.84. The van der Waals surface area contributed by atoms with Gasteiger partial charge in [-0.05, 0) is 104 Å². The van der Waals surface area contributed by atoms with Crippen molar-refractivity contribution in [3.05, 3.63) is 11.1 Å². The number of fused-ring (bicyclic) bond motifs is 6. The summed E-state index contributed by atoms with van der Waals surface area (Å²) in [6.07, 6.45) is 11.1. The van der Waals surface area contributed by atoms with Gasteiger partial charge in [0.25, 0.3) is 0 Å². The third-order valence-electron chi connectivity index (χ3n) is 9.73. The van der Waals surface area contributed by atoms with Crippen LogP contribution in [0.15, 0.2) is 16.2 Å². The van der Waals surface area contributed by atoms with Crippen molar-refractivity contribution < 1.29 is 4.79 Å². The molecule has 0 aromatic heterocycles. The minimum Gasteiger partial charge on any atom is -0.340 e. The molecule has 26 heavy (non-hydrogen) atoms. The van der Waals surface area contributed by atoms with E-state index in [9.17, 15) is 4.79 Å². The Bertz CT molecular complexity index is 769. The number of carbonyl (C=O) groups excluding carboxylic acids is 1. The molecule has 0 radical (unpaired) electrons. The van der Waals surface area contributed by atoms with Gasteiger partial charge in [0.2, 0.25) is 0 Å². The molecule has 1 aliphatic heterocycles. The van der Waals surface area contributed by atoms with E-state index in [0.717, 1.165) is 35.5 Å². The average molecular weight is 351 g/mol. The van der Waals surface area contributed by atoms with Crippen molar-refractivity contribution in [1.29, 1.82) is 0 Å². The van der Waals surface area contributed by atoms with Crippen LogP contribution in [0.5, 0.6) is 0 Å². The Labute approximate surface area is 155 Å². The zero-order valence-electron chi connectivity index (χ0n) is 15.7.